The molecule has 2 rings (SSSR count). The van der Waals surface area contributed by atoms with Crippen molar-refractivity contribution in [1.82, 2.24) is 10.3 Å². The number of nitrogens with zero attached hydrogens (tertiary/aromatic N) is 1. The van der Waals surface area contributed by atoms with Crippen LogP contribution in [0, 0.1) is 5.82 Å². The molecule has 1 aromatic heterocycles. The fourth-order valence-electron chi connectivity index (χ4n) is 2.35. The Balaban J connectivity index is 2.10. The first-order valence-electron chi connectivity index (χ1n) is 7.14. The Morgan fingerprint density at radius 3 is 2.48 bits per heavy atom. The average Bonchev–Trinajstić information content (AvgIpc) is 2.52. The van der Waals surface area contributed by atoms with Crippen LogP contribution in [0.5, 0.6) is 5.75 Å². The van der Waals surface area contributed by atoms with Gasteiger partial charge in [0.1, 0.15) is 11.6 Å². The number of hydrogen-bond acceptors (Lipinski definition) is 3. The van der Waals surface area contributed by atoms with E-state index < -0.39 is 0 Å². The highest BCUT2D eigenvalue weighted by molar-refractivity contribution is 5.29. The molecule has 0 amide bonds. The first kappa shape index (κ1) is 15.4. The molecular formula is C17H21FN2O. The van der Waals surface area contributed by atoms with E-state index in [9.17, 15) is 4.39 Å². The third-order valence-corrected chi connectivity index (χ3v) is 3.60. The third kappa shape index (κ3) is 4.02. The SMILES string of the molecule is CCC(NC(C)c1cncc(F)c1)c1ccc(OC)cc1. The molecule has 0 saturated heterocycles. The van der Waals surface area contributed by atoms with Gasteiger partial charge in [0.15, 0.2) is 0 Å². The number of halogens is 1. The predicted molar refractivity (Wildman–Crippen MR) is 81.8 cm³/mol. The number of benzene rings is 1. The van der Waals surface area contributed by atoms with E-state index in [1.165, 1.54) is 17.8 Å². The lowest BCUT2D eigenvalue weighted by Gasteiger charge is -2.23. The van der Waals surface area contributed by atoms with E-state index in [2.05, 4.69) is 29.4 Å². The number of pyridine rings is 1. The highest BCUT2D eigenvalue weighted by atomic mass is 19.1. The van der Waals surface area contributed by atoms with Crippen LogP contribution in [-0.2, 0) is 0 Å². The van der Waals surface area contributed by atoms with Crippen LogP contribution in [0.15, 0.2) is 42.7 Å². The number of methoxy groups -OCH3 is 1. The van der Waals surface area contributed by atoms with E-state index in [4.69, 9.17) is 4.74 Å². The Labute approximate surface area is 125 Å². The first-order valence-corrected chi connectivity index (χ1v) is 7.14. The van der Waals surface area contributed by atoms with E-state index >= 15 is 0 Å². The lowest BCUT2D eigenvalue weighted by Crippen LogP contribution is -2.24. The molecule has 0 radical (unpaired) electrons. The van der Waals surface area contributed by atoms with Crippen LogP contribution >= 0.6 is 0 Å². The van der Waals surface area contributed by atoms with E-state index in [1.807, 2.05) is 19.1 Å². The number of hydrogen-bond donors (Lipinski definition) is 1. The Bertz CT molecular complexity index is 571. The maximum atomic E-state index is 13.2. The van der Waals surface area contributed by atoms with Gasteiger partial charge in [0.05, 0.1) is 13.3 Å². The van der Waals surface area contributed by atoms with Gasteiger partial charge in [-0.3, -0.25) is 4.98 Å². The highest BCUT2D eigenvalue weighted by Gasteiger charge is 2.14. The van der Waals surface area contributed by atoms with Crippen molar-refractivity contribution in [2.24, 2.45) is 0 Å². The summed E-state index contributed by atoms with van der Waals surface area (Å²) in [6.45, 7) is 4.14. The summed E-state index contributed by atoms with van der Waals surface area (Å²) in [5.74, 6) is 0.537. The van der Waals surface area contributed by atoms with E-state index in [-0.39, 0.29) is 17.9 Å². The Hall–Kier alpha value is -1.94. The van der Waals surface area contributed by atoms with Crippen LogP contribution in [-0.4, -0.2) is 12.1 Å². The minimum atomic E-state index is -0.307. The third-order valence-electron chi connectivity index (χ3n) is 3.60. The summed E-state index contributed by atoms with van der Waals surface area (Å²) >= 11 is 0. The van der Waals surface area contributed by atoms with E-state index in [1.54, 1.807) is 13.3 Å². The molecule has 3 nitrogen and oxygen atoms in total. The Morgan fingerprint density at radius 2 is 1.90 bits per heavy atom. The lowest BCUT2D eigenvalue weighted by molar-refractivity contribution is 0.413. The van der Waals surface area contributed by atoms with Crippen LogP contribution < -0.4 is 10.1 Å². The van der Waals surface area contributed by atoms with E-state index in [0.717, 1.165) is 17.7 Å². The van der Waals surface area contributed by atoms with Crippen molar-refractivity contribution in [3.05, 3.63) is 59.7 Å². The second-order valence-corrected chi connectivity index (χ2v) is 5.06. The summed E-state index contributed by atoms with van der Waals surface area (Å²) in [4.78, 5) is 3.90. The van der Waals surface area contributed by atoms with Crippen molar-refractivity contribution in [3.8, 4) is 5.75 Å². The summed E-state index contributed by atoms with van der Waals surface area (Å²) in [6, 6.07) is 9.76. The standard InChI is InChI=1S/C17H21FN2O/c1-4-17(13-5-7-16(21-3)8-6-13)20-12(2)14-9-15(18)11-19-10-14/h5-12,17,20H,4H2,1-3H3. The van der Waals surface area contributed by atoms with Gasteiger partial charge in [0, 0.05) is 18.3 Å². The molecule has 0 fully saturated rings. The molecule has 2 atom stereocenters. The normalized spacial score (nSPS) is 13.7. The molecular weight excluding hydrogens is 267 g/mol. The predicted octanol–water partition coefficient (Wildman–Crippen LogP) is 4.03. The van der Waals surface area contributed by atoms with Gasteiger partial charge >= 0.3 is 0 Å². The highest BCUT2D eigenvalue weighted by Crippen LogP contribution is 2.24. The van der Waals surface area contributed by atoms with Gasteiger partial charge in [0.25, 0.3) is 0 Å². The van der Waals surface area contributed by atoms with Crippen molar-refractivity contribution >= 4 is 0 Å². The monoisotopic (exact) mass is 288 g/mol. The number of ether oxygens (including phenoxy) is 1. The molecule has 0 spiro atoms. The molecule has 4 heteroatoms. The Kier molecular flexibility index (Phi) is 5.28. The zero-order valence-corrected chi connectivity index (χ0v) is 12.6. The molecule has 1 N–H and O–H groups in total. The van der Waals surface area contributed by atoms with Gasteiger partial charge in [-0.05, 0) is 42.7 Å². The van der Waals surface area contributed by atoms with Crippen molar-refractivity contribution in [2.45, 2.75) is 32.4 Å². The molecule has 0 aliphatic rings. The summed E-state index contributed by atoms with van der Waals surface area (Å²) in [7, 11) is 1.66. The van der Waals surface area contributed by atoms with Crippen molar-refractivity contribution in [2.75, 3.05) is 7.11 Å². The molecule has 1 aromatic carbocycles. The van der Waals surface area contributed by atoms with Gasteiger partial charge in [-0.2, -0.15) is 0 Å². The van der Waals surface area contributed by atoms with E-state index in [0.29, 0.717) is 0 Å². The van der Waals surface area contributed by atoms with Crippen molar-refractivity contribution in [3.63, 3.8) is 0 Å². The molecule has 112 valence electrons. The fraction of sp³-hybridized carbons (Fsp3) is 0.353. The van der Waals surface area contributed by atoms with Crippen LogP contribution in [0.1, 0.15) is 43.5 Å². The quantitative estimate of drug-likeness (QED) is 0.871. The molecule has 0 saturated carbocycles. The maximum Gasteiger partial charge on any atom is 0.141 e. The van der Waals surface area contributed by atoms with Gasteiger partial charge in [-0.1, -0.05) is 19.1 Å². The first-order chi connectivity index (χ1) is 10.1. The van der Waals surface area contributed by atoms with Crippen LogP contribution in [0.4, 0.5) is 4.39 Å². The minimum absolute atomic E-state index is 0.0280. The number of nitrogens with one attached hydrogen (secondary N) is 1. The number of aromatic nitrogens is 1. The second kappa shape index (κ2) is 7.18. The number of rotatable bonds is 6. The zero-order chi connectivity index (χ0) is 15.2. The summed E-state index contributed by atoms with van der Waals surface area (Å²) in [6.07, 6.45) is 3.86. The summed E-state index contributed by atoms with van der Waals surface area (Å²) in [5.41, 5.74) is 2.04. The van der Waals surface area contributed by atoms with Crippen LogP contribution in [0.3, 0.4) is 0 Å². The summed E-state index contributed by atoms with van der Waals surface area (Å²) < 4.78 is 18.4. The molecule has 2 aromatic rings. The average molecular weight is 288 g/mol. The van der Waals surface area contributed by atoms with Crippen LogP contribution in [0.2, 0.25) is 0 Å². The smallest absolute Gasteiger partial charge is 0.141 e. The molecule has 2 unspecified atom stereocenters. The minimum Gasteiger partial charge on any atom is -0.497 e. The van der Waals surface area contributed by atoms with Crippen LogP contribution in [0.25, 0.3) is 0 Å². The zero-order valence-electron chi connectivity index (χ0n) is 12.6. The largest absolute Gasteiger partial charge is 0.497 e. The van der Waals surface area contributed by atoms with Crippen molar-refractivity contribution in [1.29, 1.82) is 0 Å². The topological polar surface area (TPSA) is 34.2 Å². The van der Waals surface area contributed by atoms with Gasteiger partial charge < -0.3 is 10.1 Å². The lowest BCUT2D eigenvalue weighted by atomic mass is 10.0. The van der Waals surface area contributed by atoms with Gasteiger partial charge in [-0.25, -0.2) is 4.39 Å². The molecule has 0 aliphatic carbocycles. The molecule has 1 heterocycles. The second-order valence-electron chi connectivity index (χ2n) is 5.06. The maximum absolute atomic E-state index is 13.2. The molecule has 0 bridgehead atoms. The summed E-state index contributed by atoms with van der Waals surface area (Å²) in [5, 5.41) is 3.52. The van der Waals surface area contributed by atoms with Crippen molar-refractivity contribution < 1.29 is 9.13 Å². The van der Waals surface area contributed by atoms with Gasteiger partial charge in [0.2, 0.25) is 0 Å². The Morgan fingerprint density at radius 1 is 1.19 bits per heavy atom. The molecule has 0 aliphatic heterocycles. The van der Waals surface area contributed by atoms with Gasteiger partial charge in [-0.15, -0.1) is 0 Å². The fourth-order valence-corrected chi connectivity index (χ4v) is 2.35. The molecule has 21 heavy (non-hydrogen) atoms.